The molecule has 1 aromatic carbocycles. The summed E-state index contributed by atoms with van der Waals surface area (Å²) in [6.07, 6.45) is 3.32. The molecule has 0 bridgehead atoms. The zero-order valence-electron chi connectivity index (χ0n) is 16.2. The highest BCUT2D eigenvalue weighted by molar-refractivity contribution is 7.98. The number of carbonyl (C=O) groups excluding carboxylic acids is 2. The lowest BCUT2D eigenvalue weighted by Gasteiger charge is -2.41. The minimum atomic E-state index is -0.694. The van der Waals surface area contributed by atoms with Crippen LogP contribution in [0.25, 0.3) is 10.9 Å². The Morgan fingerprint density at radius 2 is 1.81 bits per heavy atom. The maximum absolute atomic E-state index is 12.7. The van der Waals surface area contributed by atoms with E-state index in [1.165, 1.54) is 20.7 Å². The number of hydrogen-bond acceptors (Lipinski definition) is 5. The van der Waals surface area contributed by atoms with Gasteiger partial charge in [-0.2, -0.15) is 0 Å². The number of aromatic nitrogens is 1. The Labute approximate surface area is 163 Å². The number of piperidine rings is 1. The molecule has 2 aliphatic rings. The Kier molecular flexibility index (Phi) is 4.29. The van der Waals surface area contributed by atoms with Crippen molar-refractivity contribution >= 4 is 40.4 Å². The van der Waals surface area contributed by atoms with E-state index in [1.807, 2.05) is 0 Å². The summed E-state index contributed by atoms with van der Waals surface area (Å²) in [6.45, 7) is 3.52. The molecule has 4 rings (SSSR count). The molecular weight excluding hydrogens is 360 g/mol. The number of urea groups is 1. The quantitative estimate of drug-likeness (QED) is 0.588. The second-order valence-corrected chi connectivity index (χ2v) is 8.28. The highest BCUT2D eigenvalue weighted by atomic mass is 32.2. The molecule has 0 N–H and O–H groups in total. The first-order valence-electron chi connectivity index (χ1n) is 9.14. The number of anilines is 1. The van der Waals surface area contributed by atoms with Gasteiger partial charge >= 0.3 is 6.03 Å². The Morgan fingerprint density at radius 1 is 1.11 bits per heavy atom. The van der Waals surface area contributed by atoms with Crippen LogP contribution in [-0.2, 0) is 4.79 Å². The van der Waals surface area contributed by atoms with Gasteiger partial charge < -0.3 is 9.80 Å². The maximum Gasteiger partial charge on any atom is 0.327 e. The second-order valence-electron chi connectivity index (χ2n) is 7.40. The van der Waals surface area contributed by atoms with Crippen LogP contribution in [0.1, 0.15) is 18.4 Å². The van der Waals surface area contributed by atoms with Gasteiger partial charge in [-0.15, -0.1) is 11.8 Å². The van der Waals surface area contributed by atoms with Crippen molar-refractivity contribution in [1.82, 2.24) is 14.8 Å². The fraction of sp³-hybridized carbons (Fsp3) is 0.450. The van der Waals surface area contributed by atoms with Crippen LogP contribution in [-0.4, -0.2) is 65.7 Å². The number of pyridine rings is 1. The topological polar surface area (TPSA) is 56.8 Å². The maximum atomic E-state index is 12.7. The van der Waals surface area contributed by atoms with E-state index in [1.54, 1.807) is 30.8 Å². The van der Waals surface area contributed by atoms with Crippen molar-refractivity contribution in [3.8, 4) is 0 Å². The van der Waals surface area contributed by atoms with E-state index in [0.29, 0.717) is 25.9 Å². The molecule has 3 amide bonds. The third kappa shape index (κ3) is 2.67. The monoisotopic (exact) mass is 384 g/mol. The summed E-state index contributed by atoms with van der Waals surface area (Å²) in [4.78, 5) is 36.1. The fourth-order valence-corrected chi connectivity index (χ4v) is 4.69. The lowest BCUT2D eigenvalue weighted by atomic mass is 9.86. The molecular formula is C20H24N4O2S. The number of hydrogen-bond donors (Lipinski definition) is 0. The molecule has 7 heteroatoms. The van der Waals surface area contributed by atoms with Crippen LogP contribution in [0.3, 0.4) is 0 Å². The van der Waals surface area contributed by atoms with Gasteiger partial charge in [-0.25, -0.2) is 9.78 Å². The van der Waals surface area contributed by atoms with Crippen molar-refractivity contribution in [1.29, 1.82) is 0 Å². The Morgan fingerprint density at radius 3 is 2.41 bits per heavy atom. The first-order valence-corrected chi connectivity index (χ1v) is 10.4. The van der Waals surface area contributed by atoms with E-state index in [-0.39, 0.29) is 11.9 Å². The summed E-state index contributed by atoms with van der Waals surface area (Å²) >= 11 is 1.71. The van der Waals surface area contributed by atoms with Crippen LogP contribution in [0.4, 0.5) is 10.6 Å². The van der Waals surface area contributed by atoms with Crippen LogP contribution in [0.2, 0.25) is 0 Å². The number of nitrogens with zero attached hydrogens (tertiary/aromatic N) is 4. The Hall–Kier alpha value is -2.28. The molecule has 3 heterocycles. The highest BCUT2D eigenvalue weighted by Gasteiger charge is 2.55. The summed E-state index contributed by atoms with van der Waals surface area (Å²) < 4.78 is 0. The standard InChI is InChI=1S/C20H24N4O2S/c1-13-11-17(21-16-12-14(27-4)5-6-15(13)16)24-9-7-20(8-10-24)18(25)22(2)19(26)23(20)3/h5-6,11-12H,7-10H2,1-4H3. The van der Waals surface area contributed by atoms with Crippen molar-refractivity contribution in [3.63, 3.8) is 0 Å². The number of benzene rings is 1. The van der Waals surface area contributed by atoms with E-state index in [9.17, 15) is 9.59 Å². The molecule has 2 saturated heterocycles. The third-order valence-electron chi connectivity index (χ3n) is 6.04. The number of carbonyl (C=O) groups is 2. The van der Waals surface area contributed by atoms with Crippen molar-refractivity contribution in [2.24, 2.45) is 0 Å². The van der Waals surface area contributed by atoms with E-state index in [4.69, 9.17) is 4.98 Å². The van der Waals surface area contributed by atoms with Gasteiger partial charge in [0.05, 0.1) is 5.52 Å². The molecule has 2 fully saturated rings. The molecule has 0 radical (unpaired) electrons. The number of likely N-dealkylation sites (N-methyl/N-ethyl adjacent to an activating group) is 2. The van der Waals surface area contributed by atoms with Gasteiger partial charge in [0, 0.05) is 37.5 Å². The minimum Gasteiger partial charge on any atom is -0.356 e. The van der Waals surface area contributed by atoms with Crippen molar-refractivity contribution in [2.45, 2.75) is 30.2 Å². The van der Waals surface area contributed by atoms with Crippen molar-refractivity contribution in [3.05, 3.63) is 29.8 Å². The lowest BCUT2D eigenvalue weighted by Crippen LogP contribution is -2.55. The number of thioether (sulfide) groups is 1. The summed E-state index contributed by atoms with van der Waals surface area (Å²) in [7, 11) is 3.31. The predicted octanol–water partition coefficient (Wildman–Crippen LogP) is 3.13. The smallest absolute Gasteiger partial charge is 0.327 e. The average molecular weight is 385 g/mol. The van der Waals surface area contributed by atoms with E-state index in [2.05, 4.69) is 42.3 Å². The Bertz CT molecular complexity index is 937. The van der Waals surface area contributed by atoms with Crippen molar-refractivity contribution in [2.75, 3.05) is 38.3 Å². The van der Waals surface area contributed by atoms with Crippen LogP contribution in [0.15, 0.2) is 29.2 Å². The molecule has 27 heavy (non-hydrogen) atoms. The predicted molar refractivity (Wildman–Crippen MR) is 108 cm³/mol. The fourth-order valence-electron chi connectivity index (χ4n) is 4.26. The lowest BCUT2D eigenvalue weighted by molar-refractivity contribution is -0.133. The zero-order chi connectivity index (χ0) is 19.3. The SMILES string of the molecule is CSc1ccc2c(C)cc(N3CCC4(CC3)C(=O)N(C)C(=O)N4C)nc2c1. The second kappa shape index (κ2) is 6.41. The largest absolute Gasteiger partial charge is 0.356 e. The Balaban J connectivity index is 1.62. The molecule has 6 nitrogen and oxygen atoms in total. The summed E-state index contributed by atoms with van der Waals surface area (Å²) in [5.41, 5.74) is 1.51. The van der Waals surface area contributed by atoms with Gasteiger partial charge in [0.15, 0.2) is 0 Å². The van der Waals surface area contributed by atoms with Gasteiger partial charge in [-0.1, -0.05) is 6.07 Å². The van der Waals surface area contributed by atoms with Gasteiger partial charge in [0.1, 0.15) is 11.4 Å². The normalized spacial score (nSPS) is 19.6. The molecule has 0 atom stereocenters. The number of amides is 3. The molecule has 1 spiro atoms. The minimum absolute atomic E-state index is 0.0816. The van der Waals surface area contributed by atoms with Gasteiger partial charge in [0.25, 0.3) is 5.91 Å². The van der Waals surface area contributed by atoms with Gasteiger partial charge in [0.2, 0.25) is 0 Å². The van der Waals surface area contributed by atoms with Crippen molar-refractivity contribution < 1.29 is 9.59 Å². The van der Waals surface area contributed by atoms with Crippen LogP contribution in [0.5, 0.6) is 0 Å². The highest BCUT2D eigenvalue weighted by Crippen LogP contribution is 2.37. The first-order chi connectivity index (χ1) is 12.9. The summed E-state index contributed by atoms with van der Waals surface area (Å²) in [6, 6.07) is 8.30. The molecule has 2 aromatic rings. The zero-order valence-corrected chi connectivity index (χ0v) is 17.0. The molecule has 0 aliphatic carbocycles. The molecule has 142 valence electrons. The number of imide groups is 1. The molecule has 2 aliphatic heterocycles. The first kappa shape index (κ1) is 18.1. The molecule has 0 saturated carbocycles. The summed E-state index contributed by atoms with van der Waals surface area (Å²) in [5, 5.41) is 1.17. The van der Waals surface area contributed by atoms with Crippen LogP contribution < -0.4 is 4.90 Å². The van der Waals surface area contributed by atoms with E-state index in [0.717, 1.165) is 11.3 Å². The van der Waals surface area contributed by atoms with Crippen LogP contribution in [0, 0.1) is 6.92 Å². The third-order valence-corrected chi connectivity index (χ3v) is 6.77. The average Bonchev–Trinajstić information content (AvgIpc) is 2.84. The van der Waals surface area contributed by atoms with Gasteiger partial charge in [-0.3, -0.25) is 9.69 Å². The molecule has 1 aromatic heterocycles. The number of aryl methyl sites for hydroxylation is 1. The number of fused-ring (bicyclic) bond motifs is 1. The molecule has 0 unspecified atom stereocenters. The van der Waals surface area contributed by atoms with E-state index >= 15 is 0 Å². The van der Waals surface area contributed by atoms with E-state index < -0.39 is 5.54 Å². The van der Waals surface area contributed by atoms with Gasteiger partial charge in [-0.05, 0) is 49.8 Å². The van der Waals surface area contributed by atoms with Crippen LogP contribution >= 0.6 is 11.8 Å². The number of rotatable bonds is 2. The summed E-state index contributed by atoms with van der Waals surface area (Å²) in [5.74, 6) is 0.864.